The Kier molecular flexibility index (Phi) is 5.59. The summed E-state index contributed by atoms with van der Waals surface area (Å²) in [6.45, 7) is 7.72. The molecule has 138 valence electrons. The van der Waals surface area contributed by atoms with E-state index in [1.165, 1.54) is 6.42 Å². The molecule has 6 heteroatoms. The number of methoxy groups -OCH3 is 1. The number of ether oxygens (including phenoxy) is 2. The number of piperidine rings is 1. The Morgan fingerprint density at radius 1 is 1.36 bits per heavy atom. The van der Waals surface area contributed by atoms with E-state index < -0.39 is 0 Å². The average Bonchev–Trinajstić information content (AvgIpc) is 2.61. The molecule has 3 heterocycles. The van der Waals surface area contributed by atoms with E-state index >= 15 is 0 Å². The highest BCUT2D eigenvalue weighted by atomic mass is 16.5. The molecule has 1 aromatic rings. The van der Waals surface area contributed by atoms with Gasteiger partial charge in [0.1, 0.15) is 5.82 Å². The molecule has 1 atom stereocenters. The van der Waals surface area contributed by atoms with Crippen LogP contribution in [0.4, 0.5) is 5.82 Å². The Morgan fingerprint density at radius 3 is 2.84 bits per heavy atom. The van der Waals surface area contributed by atoms with Crippen molar-refractivity contribution in [3.8, 4) is 0 Å². The first-order chi connectivity index (χ1) is 12.0. The van der Waals surface area contributed by atoms with Crippen molar-refractivity contribution < 1.29 is 14.3 Å². The lowest BCUT2D eigenvalue weighted by molar-refractivity contribution is -0.106. The van der Waals surface area contributed by atoms with Gasteiger partial charge >= 0.3 is 0 Å². The number of pyridine rings is 1. The van der Waals surface area contributed by atoms with Crippen LogP contribution in [0.5, 0.6) is 0 Å². The first-order valence-corrected chi connectivity index (χ1v) is 9.16. The fourth-order valence-corrected chi connectivity index (χ4v) is 3.81. The van der Waals surface area contributed by atoms with E-state index in [0.29, 0.717) is 25.3 Å². The van der Waals surface area contributed by atoms with Crippen LogP contribution < -0.4 is 4.90 Å². The first kappa shape index (κ1) is 18.1. The molecule has 0 N–H and O–H groups in total. The van der Waals surface area contributed by atoms with Crippen LogP contribution in [-0.2, 0) is 9.47 Å². The largest absolute Gasteiger partial charge is 0.382 e. The maximum Gasteiger partial charge on any atom is 0.257 e. The Morgan fingerprint density at radius 2 is 2.12 bits per heavy atom. The Bertz CT molecular complexity index is 599. The molecule has 0 aromatic carbocycles. The smallest absolute Gasteiger partial charge is 0.257 e. The van der Waals surface area contributed by atoms with E-state index in [1.807, 2.05) is 17.0 Å². The zero-order valence-electron chi connectivity index (χ0n) is 15.5. The number of carbonyl (C=O) groups is 1. The van der Waals surface area contributed by atoms with Gasteiger partial charge < -0.3 is 19.3 Å². The van der Waals surface area contributed by atoms with Crippen LogP contribution in [0.25, 0.3) is 0 Å². The number of hydrogen-bond donors (Lipinski definition) is 0. The summed E-state index contributed by atoms with van der Waals surface area (Å²) in [6, 6.07) is 3.74. The minimum absolute atomic E-state index is 0.0336. The third-order valence-electron chi connectivity index (χ3n) is 4.79. The molecule has 0 bridgehead atoms. The van der Waals surface area contributed by atoms with Crippen molar-refractivity contribution in [1.29, 1.82) is 0 Å². The fraction of sp³-hybridized carbons (Fsp3) is 0.684. The van der Waals surface area contributed by atoms with Gasteiger partial charge in [-0.25, -0.2) is 4.98 Å². The second-order valence-corrected chi connectivity index (χ2v) is 7.56. The van der Waals surface area contributed by atoms with E-state index in [0.717, 1.165) is 31.7 Å². The number of carbonyl (C=O) groups excluding carboxylic acids is 1. The highest BCUT2D eigenvalue weighted by molar-refractivity contribution is 5.99. The van der Waals surface area contributed by atoms with Crippen LogP contribution in [0.3, 0.4) is 0 Å². The molecule has 0 spiro atoms. The molecule has 6 nitrogen and oxygen atoms in total. The minimum Gasteiger partial charge on any atom is -0.382 e. The van der Waals surface area contributed by atoms with Crippen LogP contribution in [0, 0.1) is 0 Å². The van der Waals surface area contributed by atoms with Gasteiger partial charge in [-0.1, -0.05) is 0 Å². The van der Waals surface area contributed by atoms with Crippen molar-refractivity contribution in [2.45, 2.75) is 44.8 Å². The average molecular weight is 347 g/mol. The molecule has 0 saturated carbocycles. The predicted molar refractivity (Wildman–Crippen MR) is 97.0 cm³/mol. The molecule has 2 aliphatic rings. The maximum absolute atomic E-state index is 13.0. The molecule has 25 heavy (non-hydrogen) atoms. The van der Waals surface area contributed by atoms with Crippen LogP contribution in [0.15, 0.2) is 18.3 Å². The molecule has 1 unspecified atom stereocenters. The number of aromatic nitrogens is 1. The van der Waals surface area contributed by atoms with Crippen LogP contribution >= 0.6 is 0 Å². The molecule has 1 amide bonds. The fourth-order valence-electron chi connectivity index (χ4n) is 3.81. The molecular formula is C19H29N3O3. The lowest BCUT2D eigenvalue weighted by atomic mass is 10.0. The predicted octanol–water partition coefficient (Wildman–Crippen LogP) is 2.34. The highest BCUT2D eigenvalue weighted by Crippen LogP contribution is 2.28. The number of rotatable bonds is 4. The van der Waals surface area contributed by atoms with Gasteiger partial charge in [0.15, 0.2) is 0 Å². The molecule has 2 fully saturated rings. The third kappa shape index (κ3) is 4.30. The van der Waals surface area contributed by atoms with Crippen molar-refractivity contribution in [3.63, 3.8) is 0 Å². The minimum atomic E-state index is -0.315. The van der Waals surface area contributed by atoms with Crippen LogP contribution in [0.2, 0.25) is 0 Å². The van der Waals surface area contributed by atoms with E-state index in [4.69, 9.17) is 9.47 Å². The molecule has 3 rings (SSSR count). The first-order valence-electron chi connectivity index (χ1n) is 9.16. The lowest BCUT2D eigenvalue weighted by Crippen LogP contribution is -2.54. The van der Waals surface area contributed by atoms with Crippen molar-refractivity contribution in [1.82, 2.24) is 9.88 Å². The quantitative estimate of drug-likeness (QED) is 0.837. The van der Waals surface area contributed by atoms with E-state index in [9.17, 15) is 4.79 Å². The monoisotopic (exact) mass is 347 g/mol. The zero-order chi connectivity index (χ0) is 17.9. The van der Waals surface area contributed by atoms with Crippen molar-refractivity contribution in [2.24, 2.45) is 0 Å². The van der Waals surface area contributed by atoms with Gasteiger partial charge in [0.25, 0.3) is 5.91 Å². The van der Waals surface area contributed by atoms with Gasteiger partial charge in [0.05, 0.1) is 23.9 Å². The summed E-state index contributed by atoms with van der Waals surface area (Å²) < 4.78 is 11.4. The van der Waals surface area contributed by atoms with Gasteiger partial charge in [-0.15, -0.1) is 0 Å². The number of nitrogens with zero attached hydrogens (tertiary/aromatic N) is 3. The summed E-state index contributed by atoms with van der Waals surface area (Å²) in [5.74, 6) is 0.853. The Labute approximate surface area is 150 Å². The molecule has 0 radical (unpaired) electrons. The summed E-state index contributed by atoms with van der Waals surface area (Å²) in [7, 11) is 1.68. The summed E-state index contributed by atoms with van der Waals surface area (Å²) >= 11 is 0. The van der Waals surface area contributed by atoms with Gasteiger partial charge in [-0.2, -0.15) is 0 Å². The Balaban J connectivity index is 1.85. The number of hydrogen-bond acceptors (Lipinski definition) is 5. The van der Waals surface area contributed by atoms with Crippen molar-refractivity contribution in [3.05, 3.63) is 23.9 Å². The molecular weight excluding hydrogens is 318 g/mol. The molecule has 0 aliphatic carbocycles. The maximum atomic E-state index is 13.0. The van der Waals surface area contributed by atoms with Crippen LogP contribution in [0.1, 0.15) is 43.5 Å². The Hall–Kier alpha value is -1.66. The van der Waals surface area contributed by atoms with Gasteiger partial charge in [0, 0.05) is 39.5 Å². The number of anilines is 1. The normalized spacial score (nSPS) is 23.6. The highest BCUT2D eigenvalue weighted by Gasteiger charge is 2.35. The van der Waals surface area contributed by atoms with Gasteiger partial charge in [-0.3, -0.25) is 4.79 Å². The summed E-state index contributed by atoms with van der Waals surface area (Å²) in [5, 5.41) is 0. The standard InChI is InChI=1S/C19H29N3O3/c1-19(2)14-22(12-15(25-19)13-24-3)17-16(8-7-9-20-17)18(23)21-10-5-4-6-11-21/h7-9,15H,4-6,10-14H2,1-3H3. The summed E-state index contributed by atoms with van der Waals surface area (Å²) in [6.07, 6.45) is 5.11. The summed E-state index contributed by atoms with van der Waals surface area (Å²) in [4.78, 5) is 21.7. The van der Waals surface area contributed by atoms with Crippen molar-refractivity contribution >= 4 is 11.7 Å². The van der Waals surface area contributed by atoms with Crippen LogP contribution in [-0.4, -0.2) is 67.4 Å². The number of amides is 1. The summed E-state index contributed by atoms with van der Waals surface area (Å²) in [5.41, 5.74) is 0.378. The molecule has 2 aliphatic heterocycles. The second kappa shape index (κ2) is 7.70. The molecule has 1 aromatic heterocycles. The number of likely N-dealkylation sites (tertiary alicyclic amines) is 1. The number of morpholine rings is 1. The van der Waals surface area contributed by atoms with E-state index in [-0.39, 0.29) is 17.6 Å². The topological polar surface area (TPSA) is 54.9 Å². The zero-order valence-corrected chi connectivity index (χ0v) is 15.5. The van der Waals surface area contributed by atoms with Gasteiger partial charge in [-0.05, 0) is 45.2 Å². The van der Waals surface area contributed by atoms with E-state index in [1.54, 1.807) is 13.3 Å². The lowest BCUT2D eigenvalue weighted by Gasteiger charge is -2.43. The second-order valence-electron chi connectivity index (χ2n) is 7.56. The SMILES string of the molecule is COCC1CN(c2ncccc2C(=O)N2CCCCC2)CC(C)(C)O1. The molecule has 2 saturated heterocycles. The van der Waals surface area contributed by atoms with E-state index in [2.05, 4.69) is 23.7 Å². The van der Waals surface area contributed by atoms with Gasteiger partial charge in [0.2, 0.25) is 0 Å². The third-order valence-corrected chi connectivity index (χ3v) is 4.79. The van der Waals surface area contributed by atoms with Crippen molar-refractivity contribution in [2.75, 3.05) is 44.8 Å².